The number of nitrogens with zero attached hydrogens (tertiary/aromatic N) is 2. The van der Waals surface area contributed by atoms with Crippen LogP contribution in [0.4, 0.5) is 5.69 Å². The SMILES string of the molecule is CCCN1CCN(c2ccc(Br)cc2CNC)CC1. The van der Waals surface area contributed by atoms with Crippen molar-refractivity contribution in [2.75, 3.05) is 44.7 Å². The number of hydrogen-bond acceptors (Lipinski definition) is 3. The Labute approximate surface area is 125 Å². The molecule has 1 aromatic carbocycles. The van der Waals surface area contributed by atoms with Gasteiger partial charge in [0.05, 0.1) is 0 Å². The van der Waals surface area contributed by atoms with Gasteiger partial charge in [-0.05, 0) is 43.8 Å². The Morgan fingerprint density at radius 2 is 1.95 bits per heavy atom. The van der Waals surface area contributed by atoms with Gasteiger partial charge in [-0.3, -0.25) is 4.90 Å². The average molecular weight is 326 g/mol. The highest BCUT2D eigenvalue weighted by atomic mass is 79.9. The Balaban J connectivity index is 2.06. The Bertz CT molecular complexity index is 400. The number of rotatable bonds is 5. The second kappa shape index (κ2) is 7.27. The van der Waals surface area contributed by atoms with Crippen molar-refractivity contribution in [3.8, 4) is 0 Å². The van der Waals surface area contributed by atoms with Crippen molar-refractivity contribution >= 4 is 21.6 Å². The normalized spacial score (nSPS) is 16.9. The third-order valence-corrected chi connectivity index (χ3v) is 4.15. The maximum absolute atomic E-state index is 3.57. The van der Waals surface area contributed by atoms with E-state index in [0.29, 0.717) is 0 Å². The van der Waals surface area contributed by atoms with E-state index in [0.717, 1.165) is 24.1 Å². The first kappa shape index (κ1) is 14.8. The van der Waals surface area contributed by atoms with Crippen molar-refractivity contribution < 1.29 is 0 Å². The predicted molar refractivity (Wildman–Crippen MR) is 85.8 cm³/mol. The molecule has 0 saturated carbocycles. The van der Waals surface area contributed by atoms with Crippen molar-refractivity contribution in [1.82, 2.24) is 10.2 Å². The summed E-state index contributed by atoms with van der Waals surface area (Å²) >= 11 is 3.57. The van der Waals surface area contributed by atoms with Gasteiger partial charge in [-0.25, -0.2) is 0 Å². The highest BCUT2D eigenvalue weighted by molar-refractivity contribution is 9.10. The number of hydrogen-bond donors (Lipinski definition) is 1. The van der Waals surface area contributed by atoms with E-state index in [1.54, 1.807) is 0 Å². The number of piperazine rings is 1. The van der Waals surface area contributed by atoms with Crippen molar-refractivity contribution in [2.24, 2.45) is 0 Å². The highest BCUT2D eigenvalue weighted by Crippen LogP contribution is 2.25. The van der Waals surface area contributed by atoms with Gasteiger partial charge in [-0.15, -0.1) is 0 Å². The molecule has 1 saturated heterocycles. The zero-order chi connectivity index (χ0) is 13.7. The number of nitrogens with one attached hydrogen (secondary N) is 1. The van der Waals surface area contributed by atoms with E-state index < -0.39 is 0 Å². The molecule has 2 rings (SSSR count). The fourth-order valence-electron chi connectivity index (χ4n) is 2.72. The molecular formula is C15H24BrN3. The molecule has 1 aromatic rings. The van der Waals surface area contributed by atoms with Gasteiger partial charge in [0.2, 0.25) is 0 Å². The Morgan fingerprint density at radius 1 is 1.21 bits per heavy atom. The Kier molecular flexibility index (Phi) is 5.67. The molecule has 106 valence electrons. The number of anilines is 1. The van der Waals surface area contributed by atoms with Crippen LogP contribution in [0.2, 0.25) is 0 Å². The average Bonchev–Trinajstić information content (AvgIpc) is 2.41. The summed E-state index contributed by atoms with van der Waals surface area (Å²) in [6, 6.07) is 6.61. The number of halogens is 1. The molecule has 0 radical (unpaired) electrons. The zero-order valence-corrected chi connectivity index (χ0v) is 13.5. The van der Waals surface area contributed by atoms with E-state index in [1.165, 1.54) is 37.3 Å². The minimum absolute atomic E-state index is 0.921. The lowest BCUT2D eigenvalue weighted by atomic mass is 10.1. The van der Waals surface area contributed by atoms with Crippen LogP contribution in [0, 0.1) is 0 Å². The van der Waals surface area contributed by atoms with Crippen LogP contribution in [-0.2, 0) is 6.54 Å². The summed E-state index contributed by atoms with van der Waals surface area (Å²) in [5.74, 6) is 0. The summed E-state index contributed by atoms with van der Waals surface area (Å²) in [6.45, 7) is 9.05. The van der Waals surface area contributed by atoms with Gasteiger partial charge in [-0.1, -0.05) is 22.9 Å². The molecule has 0 atom stereocenters. The van der Waals surface area contributed by atoms with Gasteiger partial charge in [0.1, 0.15) is 0 Å². The lowest BCUT2D eigenvalue weighted by Gasteiger charge is -2.37. The van der Waals surface area contributed by atoms with Crippen molar-refractivity contribution in [3.05, 3.63) is 28.2 Å². The smallest absolute Gasteiger partial charge is 0.0413 e. The van der Waals surface area contributed by atoms with E-state index in [9.17, 15) is 0 Å². The molecule has 4 heteroatoms. The topological polar surface area (TPSA) is 18.5 Å². The standard InChI is InChI=1S/C15H24BrN3/c1-3-6-18-7-9-19(10-8-18)15-5-4-14(16)11-13(15)12-17-2/h4-5,11,17H,3,6-10,12H2,1-2H3. The second-order valence-corrected chi connectivity index (χ2v) is 6.05. The van der Waals surface area contributed by atoms with Crippen molar-refractivity contribution in [3.63, 3.8) is 0 Å². The predicted octanol–water partition coefficient (Wildman–Crippen LogP) is 2.70. The summed E-state index contributed by atoms with van der Waals surface area (Å²) in [4.78, 5) is 5.08. The van der Waals surface area contributed by atoms with Crippen molar-refractivity contribution in [1.29, 1.82) is 0 Å². The zero-order valence-electron chi connectivity index (χ0n) is 12.0. The minimum atomic E-state index is 0.921. The molecule has 0 amide bonds. The molecule has 19 heavy (non-hydrogen) atoms. The summed E-state index contributed by atoms with van der Waals surface area (Å²) in [5.41, 5.74) is 2.76. The first-order valence-electron chi connectivity index (χ1n) is 7.15. The number of benzene rings is 1. The van der Waals surface area contributed by atoms with Crippen molar-refractivity contribution in [2.45, 2.75) is 19.9 Å². The van der Waals surface area contributed by atoms with Gasteiger partial charge >= 0.3 is 0 Å². The maximum Gasteiger partial charge on any atom is 0.0413 e. The van der Waals surface area contributed by atoms with Crippen LogP contribution in [0.25, 0.3) is 0 Å². The van der Waals surface area contributed by atoms with Gasteiger partial charge < -0.3 is 10.2 Å². The molecule has 1 aliphatic rings. The van der Waals surface area contributed by atoms with E-state index in [1.807, 2.05) is 7.05 Å². The molecule has 0 unspecified atom stereocenters. The van der Waals surface area contributed by atoms with E-state index in [2.05, 4.69) is 56.2 Å². The largest absolute Gasteiger partial charge is 0.369 e. The van der Waals surface area contributed by atoms with E-state index in [-0.39, 0.29) is 0 Å². The quantitative estimate of drug-likeness (QED) is 0.898. The van der Waals surface area contributed by atoms with Crippen LogP contribution in [-0.4, -0.2) is 44.7 Å². The molecule has 0 aromatic heterocycles. The second-order valence-electron chi connectivity index (χ2n) is 5.13. The minimum Gasteiger partial charge on any atom is -0.369 e. The molecule has 0 bridgehead atoms. The lowest BCUT2D eigenvalue weighted by molar-refractivity contribution is 0.258. The molecule has 1 heterocycles. The monoisotopic (exact) mass is 325 g/mol. The molecule has 3 nitrogen and oxygen atoms in total. The van der Waals surface area contributed by atoms with E-state index >= 15 is 0 Å². The summed E-state index contributed by atoms with van der Waals surface area (Å²) in [7, 11) is 2.00. The van der Waals surface area contributed by atoms with Gasteiger partial charge in [0.25, 0.3) is 0 Å². The molecular weight excluding hydrogens is 302 g/mol. The maximum atomic E-state index is 3.57. The van der Waals surface area contributed by atoms with Crippen LogP contribution < -0.4 is 10.2 Å². The molecule has 1 N–H and O–H groups in total. The van der Waals surface area contributed by atoms with Crippen LogP contribution in [0.5, 0.6) is 0 Å². The Hall–Kier alpha value is -0.580. The summed E-state index contributed by atoms with van der Waals surface area (Å²) in [6.07, 6.45) is 1.25. The highest BCUT2D eigenvalue weighted by Gasteiger charge is 2.18. The lowest BCUT2D eigenvalue weighted by Crippen LogP contribution is -2.46. The molecule has 1 aliphatic heterocycles. The molecule has 0 spiro atoms. The fourth-order valence-corrected chi connectivity index (χ4v) is 3.13. The molecule has 1 fully saturated rings. The Morgan fingerprint density at radius 3 is 2.58 bits per heavy atom. The third kappa shape index (κ3) is 3.94. The first-order valence-corrected chi connectivity index (χ1v) is 7.94. The molecule has 0 aliphatic carbocycles. The summed E-state index contributed by atoms with van der Waals surface area (Å²) in [5, 5.41) is 3.26. The summed E-state index contributed by atoms with van der Waals surface area (Å²) < 4.78 is 1.16. The van der Waals surface area contributed by atoms with Crippen LogP contribution >= 0.6 is 15.9 Å². The van der Waals surface area contributed by atoms with Gasteiger partial charge in [-0.2, -0.15) is 0 Å². The van der Waals surface area contributed by atoms with Gasteiger partial charge in [0, 0.05) is 42.9 Å². The van der Waals surface area contributed by atoms with Crippen LogP contribution in [0.15, 0.2) is 22.7 Å². The van der Waals surface area contributed by atoms with Gasteiger partial charge in [0.15, 0.2) is 0 Å². The van der Waals surface area contributed by atoms with E-state index in [4.69, 9.17) is 0 Å². The van der Waals surface area contributed by atoms with Crippen LogP contribution in [0.3, 0.4) is 0 Å². The third-order valence-electron chi connectivity index (χ3n) is 3.66. The fraction of sp³-hybridized carbons (Fsp3) is 0.600. The first-order chi connectivity index (χ1) is 9.24. The van der Waals surface area contributed by atoms with Crippen LogP contribution in [0.1, 0.15) is 18.9 Å².